The molecule has 1 N–H and O–H groups in total. The number of halogens is 2. The van der Waals surface area contributed by atoms with E-state index in [1.54, 1.807) is 12.1 Å². The Kier molecular flexibility index (Phi) is 6.29. The van der Waals surface area contributed by atoms with Crippen LogP contribution in [0.1, 0.15) is 43.4 Å². The average Bonchev–Trinajstić information content (AvgIpc) is 2.56. The van der Waals surface area contributed by atoms with Gasteiger partial charge in [-0.25, -0.2) is 0 Å². The number of hydrogen-bond acceptors (Lipinski definition) is 2. The minimum absolute atomic E-state index is 0.0518. The van der Waals surface area contributed by atoms with E-state index >= 15 is 0 Å². The second-order valence-electron chi connectivity index (χ2n) is 5.55. The monoisotopic (exact) mass is 333 g/mol. The number of alkyl halides is 2. The molecular weight excluding hydrogens is 312 g/mol. The van der Waals surface area contributed by atoms with E-state index < -0.39 is 6.61 Å². The van der Waals surface area contributed by atoms with Crippen molar-refractivity contribution in [3.63, 3.8) is 0 Å². The van der Waals surface area contributed by atoms with Gasteiger partial charge in [-0.3, -0.25) is 4.79 Å². The molecule has 0 spiro atoms. The maximum atomic E-state index is 12.5. The number of benzene rings is 2. The van der Waals surface area contributed by atoms with Crippen molar-refractivity contribution in [1.82, 2.24) is 5.32 Å². The van der Waals surface area contributed by atoms with Gasteiger partial charge in [0.15, 0.2) is 0 Å². The standard InChI is InChI=1S/C19H21F2NO2/c1-3-17(15-7-5-4-6-8-15)18(23)22-13(2)14-9-11-16(12-10-14)24-19(20)21/h4-13,17,19H,3H2,1-2H3,(H,22,23). The Labute approximate surface area is 140 Å². The van der Waals surface area contributed by atoms with E-state index in [9.17, 15) is 13.6 Å². The van der Waals surface area contributed by atoms with Gasteiger partial charge in [-0.15, -0.1) is 0 Å². The topological polar surface area (TPSA) is 38.3 Å². The van der Waals surface area contributed by atoms with Crippen molar-refractivity contribution in [2.24, 2.45) is 0 Å². The van der Waals surface area contributed by atoms with Gasteiger partial charge >= 0.3 is 6.61 Å². The first-order chi connectivity index (χ1) is 11.5. The zero-order valence-electron chi connectivity index (χ0n) is 13.7. The first-order valence-corrected chi connectivity index (χ1v) is 7.91. The first kappa shape index (κ1) is 17.9. The molecule has 0 aliphatic heterocycles. The molecule has 2 rings (SSSR count). The summed E-state index contributed by atoms with van der Waals surface area (Å²) < 4.78 is 28.6. The highest BCUT2D eigenvalue weighted by molar-refractivity contribution is 5.83. The number of hydrogen-bond donors (Lipinski definition) is 1. The predicted octanol–water partition coefficient (Wildman–Crippen LogP) is 4.66. The lowest BCUT2D eigenvalue weighted by molar-refractivity contribution is -0.123. The molecule has 0 aromatic heterocycles. The molecule has 2 unspecified atom stereocenters. The Morgan fingerprint density at radius 1 is 1.04 bits per heavy atom. The van der Waals surface area contributed by atoms with Crippen LogP contribution in [0.25, 0.3) is 0 Å². The van der Waals surface area contributed by atoms with Gasteiger partial charge in [0, 0.05) is 0 Å². The number of amides is 1. The minimum atomic E-state index is -2.84. The number of carbonyl (C=O) groups is 1. The smallest absolute Gasteiger partial charge is 0.387 e. The maximum Gasteiger partial charge on any atom is 0.387 e. The van der Waals surface area contributed by atoms with Crippen LogP contribution in [0.2, 0.25) is 0 Å². The summed E-state index contributed by atoms with van der Waals surface area (Å²) in [5.41, 5.74) is 1.80. The molecule has 2 atom stereocenters. The Morgan fingerprint density at radius 2 is 1.67 bits per heavy atom. The predicted molar refractivity (Wildman–Crippen MR) is 89.1 cm³/mol. The summed E-state index contributed by atoms with van der Waals surface area (Å²) in [6, 6.07) is 15.7. The van der Waals surface area contributed by atoms with Crippen LogP contribution < -0.4 is 10.1 Å². The Bertz CT molecular complexity index is 644. The fourth-order valence-corrected chi connectivity index (χ4v) is 2.59. The SMILES string of the molecule is CCC(C(=O)NC(C)c1ccc(OC(F)F)cc1)c1ccccc1. The molecule has 2 aromatic rings. The van der Waals surface area contributed by atoms with Gasteiger partial charge in [0.25, 0.3) is 0 Å². The van der Waals surface area contributed by atoms with Crippen LogP contribution >= 0.6 is 0 Å². The van der Waals surface area contributed by atoms with E-state index in [1.807, 2.05) is 44.2 Å². The van der Waals surface area contributed by atoms with Gasteiger partial charge in [0.1, 0.15) is 5.75 Å². The van der Waals surface area contributed by atoms with Gasteiger partial charge in [-0.1, -0.05) is 49.4 Å². The number of nitrogens with one attached hydrogen (secondary N) is 1. The molecule has 1 amide bonds. The highest BCUT2D eigenvalue weighted by atomic mass is 19.3. The molecule has 128 valence electrons. The summed E-state index contributed by atoms with van der Waals surface area (Å²) in [6.07, 6.45) is 0.698. The van der Waals surface area contributed by atoms with E-state index in [4.69, 9.17) is 0 Å². The molecule has 0 saturated heterocycles. The average molecular weight is 333 g/mol. The van der Waals surface area contributed by atoms with Crippen LogP contribution in [0.3, 0.4) is 0 Å². The molecule has 0 fully saturated rings. The lowest BCUT2D eigenvalue weighted by atomic mass is 9.95. The van der Waals surface area contributed by atoms with Crippen LogP contribution in [0, 0.1) is 0 Å². The number of rotatable bonds is 7. The van der Waals surface area contributed by atoms with E-state index in [0.717, 1.165) is 11.1 Å². The molecule has 0 aliphatic rings. The Hall–Kier alpha value is -2.43. The van der Waals surface area contributed by atoms with Gasteiger partial charge in [0.2, 0.25) is 5.91 Å². The van der Waals surface area contributed by atoms with Crippen LogP contribution in [0.4, 0.5) is 8.78 Å². The van der Waals surface area contributed by atoms with Crippen LogP contribution in [-0.4, -0.2) is 12.5 Å². The van der Waals surface area contributed by atoms with Crippen molar-refractivity contribution in [1.29, 1.82) is 0 Å². The molecular formula is C19H21F2NO2. The molecule has 5 heteroatoms. The third-order valence-electron chi connectivity index (χ3n) is 3.89. The van der Waals surface area contributed by atoms with Crippen LogP contribution in [-0.2, 0) is 4.79 Å². The summed E-state index contributed by atoms with van der Waals surface area (Å²) in [6.45, 7) is 0.987. The number of ether oxygens (including phenoxy) is 1. The van der Waals surface area contributed by atoms with Gasteiger partial charge in [-0.2, -0.15) is 8.78 Å². The zero-order valence-corrected chi connectivity index (χ0v) is 13.7. The van der Waals surface area contributed by atoms with E-state index in [2.05, 4.69) is 10.1 Å². The fraction of sp³-hybridized carbons (Fsp3) is 0.316. The minimum Gasteiger partial charge on any atom is -0.435 e. The largest absolute Gasteiger partial charge is 0.435 e. The van der Waals surface area contributed by atoms with E-state index in [0.29, 0.717) is 6.42 Å². The quantitative estimate of drug-likeness (QED) is 0.800. The zero-order chi connectivity index (χ0) is 17.5. The summed E-state index contributed by atoms with van der Waals surface area (Å²) in [4.78, 5) is 12.5. The normalized spacial score (nSPS) is 13.4. The van der Waals surface area contributed by atoms with Crippen molar-refractivity contribution in [3.05, 3.63) is 65.7 Å². The van der Waals surface area contributed by atoms with Crippen molar-refractivity contribution in [3.8, 4) is 5.75 Å². The first-order valence-electron chi connectivity index (χ1n) is 7.91. The van der Waals surface area contributed by atoms with Crippen LogP contribution in [0.5, 0.6) is 5.75 Å². The Morgan fingerprint density at radius 3 is 2.21 bits per heavy atom. The maximum absolute atomic E-state index is 12.5. The second-order valence-corrected chi connectivity index (χ2v) is 5.55. The molecule has 0 radical (unpaired) electrons. The van der Waals surface area contributed by atoms with E-state index in [-0.39, 0.29) is 23.6 Å². The lowest BCUT2D eigenvalue weighted by Crippen LogP contribution is -2.31. The summed E-state index contributed by atoms with van der Waals surface area (Å²) in [5.74, 6) is -0.165. The molecule has 0 bridgehead atoms. The molecule has 2 aromatic carbocycles. The van der Waals surface area contributed by atoms with Gasteiger partial charge in [-0.05, 0) is 36.6 Å². The van der Waals surface area contributed by atoms with Gasteiger partial charge < -0.3 is 10.1 Å². The third kappa shape index (κ3) is 4.78. The molecule has 0 saturated carbocycles. The highest BCUT2D eigenvalue weighted by Gasteiger charge is 2.20. The van der Waals surface area contributed by atoms with Crippen molar-refractivity contribution >= 4 is 5.91 Å². The highest BCUT2D eigenvalue weighted by Crippen LogP contribution is 2.23. The lowest BCUT2D eigenvalue weighted by Gasteiger charge is -2.20. The molecule has 24 heavy (non-hydrogen) atoms. The van der Waals surface area contributed by atoms with Crippen molar-refractivity contribution in [2.75, 3.05) is 0 Å². The molecule has 0 aliphatic carbocycles. The van der Waals surface area contributed by atoms with Crippen LogP contribution in [0.15, 0.2) is 54.6 Å². The molecule has 0 heterocycles. The fourth-order valence-electron chi connectivity index (χ4n) is 2.59. The third-order valence-corrected chi connectivity index (χ3v) is 3.89. The Balaban J connectivity index is 2.02. The number of carbonyl (C=O) groups excluding carboxylic acids is 1. The summed E-state index contributed by atoms with van der Waals surface area (Å²) >= 11 is 0. The molecule has 3 nitrogen and oxygen atoms in total. The van der Waals surface area contributed by atoms with Crippen molar-refractivity contribution < 1.29 is 18.3 Å². The summed E-state index contributed by atoms with van der Waals surface area (Å²) in [7, 11) is 0. The van der Waals surface area contributed by atoms with Crippen molar-refractivity contribution in [2.45, 2.75) is 38.8 Å². The van der Waals surface area contributed by atoms with E-state index in [1.165, 1.54) is 12.1 Å². The summed E-state index contributed by atoms with van der Waals surface area (Å²) in [5, 5.41) is 2.98. The van der Waals surface area contributed by atoms with Gasteiger partial charge in [0.05, 0.1) is 12.0 Å². The second kappa shape index (κ2) is 8.43.